The first kappa shape index (κ1) is 19.5. The third kappa shape index (κ3) is 4.30. The van der Waals surface area contributed by atoms with Gasteiger partial charge in [-0.15, -0.1) is 0 Å². The first-order valence-corrected chi connectivity index (χ1v) is 10.3. The van der Waals surface area contributed by atoms with E-state index in [0.29, 0.717) is 11.7 Å². The van der Waals surface area contributed by atoms with Crippen LogP contribution in [0.1, 0.15) is 30.7 Å². The van der Waals surface area contributed by atoms with Crippen LogP contribution in [0.4, 0.5) is 5.69 Å². The van der Waals surface area contributed by atoms with Gasteiger partial charge in [-0.2, -0.15) is 0 Å². The molecule has 1 fully saturated rings. The molecule has 1 aliphatic rings. The van der Waals surface area contributed by atoms with E-state index in [1.54, 1.807) is 13.2 Å². The Balaban J connectivity index is 1.72. The molecule has 2 aromatic carbocycles. The van der Waals surface area contributed by atoms with Crippen molar-refractivity contribution in [2.45, 2.75) is 25.2 Å². The van der Waals surface area contributed by atoms with Crippen LogP contribution >= 0.6 is 0 Å². The Morgan fingerprint density at radius 1 is 1.14 bits per heavy atom. The fraction of sp³-hybridized carbons (Fsp3) is 0.375. The summed E-state index contributed by atoms with van der Waals surface area (Å²) in [6.07, 6.45) is 5.64. The topological polar surface area (TPSA) is 57.6 Å². The monoisotopic (exact) mass is 391 g/mol. The van der Waals surface area contributed by atoms with E-state index < -0.39 is 0 Å². The normalized spacial score (nSPS) is 13.8. The molecule has 2 N–H and O–H groups in total. The number of ether oxygens (including phenoxy) is 1. The average molecular weight is 392 g/mol. The Hall–Kier alpha value is -2.79. The smallest absolute Gasteiger partial charge is 0.161 e. The van der Waals surface area contributed by atoms with E-state index in [9.17, 15) is 5.11 Å². The highest BCUT2D eigenvalue weighted by atomic mass is 16.5. The van der Waals surface area contributed by atoms with E-state index in [1.807, 2.05) is 12.1 Å². The largest absolute Gasteiger partial charge is 0.504 e. The molecule has 1 saturated carbocycles. The minimum absolute atomic E-state index is 0.151. The lowest BCUT2D eigenvalue weighted by atomic mass is 9.99. The summed E-state index contributed by atoms with van der Waals surface area (Å²) in [5.41, 5.74) is 5.66. The van der Waals surface area contributed by atoms with Crippen LogP contribution < -0.4 is 10.1 Å². The van der Waals surface area contributed by atoms with E-state index in [2.05, 4.69) is 48.7 Å². The van der Waals surface area contributed by atoms with Gasteiger partial charge in [0.05, 0.1) is 12.6 Å². The maximum atomic E-state index is 9.91. The molecule has 1 aliphatic carbocycles. The van der Waals surface area contributed by atoms with Gasteiger partial charge in [0.25, 0.3) is 0 Å². The summed E-state index contributed by atoms with van der Waals surface area (Å²) in [5.74, 6) is 1.26. The van der Waals surface area contributed by atoms with Gasteiger partial charge in [-0.25, -0.2) is 0 Å². The lowest BCUT2D eigenvalue weighted by Crippen LogP contribution is -2.16. The number of hydrogen-bond acceptors (Lipinski definition) is 5. The van der Waals surface area contributed by atoms with Crippen molar-refractivity contribution >= 4 is 16.6 Å². The standard InChI is InChI=1S/C24H29N3O2/c1-27(2)12-4-11-25-24-19-13-17(18-8-10-22(28)23(14-18)29-3)7-9-21(19)26-15-20(24)16-5-6-16/h7-10,13-16,28H,4-6,11-12H2,1-3H3,(H,25,26). The Morgan fingerprint density at radius 2 is 1.90 bits per heavy atom. The van der Waals surface area contributed by atoms with Crippen molar-refractivity contribution < 1.29 is 9.84 Å². The second kappa shape index (κ2) is 8.29. The molecule has 0 spiro atoms. The van der Waals surface area contributed by atoms with Crippen LogP contribution in [-0.4, -0.2) is 49.3 Å². The molecular weight excluding hydrogens is 362 g/mol. The number of phenolic OH excluding ortho intramolecular Hbond substituents is 1. The zero-order valence-corrected chi connectivity index (χ0v) is 17.4. The highest BCUT2D eigenvalue weighted by molar-refractivity contribution is 5.96. The molecule has 0 atom stereocenters. The average Bonchev–Trinajstić information content (AvgIpc) is 3.56. The van der Waals surface area contributed by atoms with Gasteiger partial charge in [0, 0.05) is 23.8 Å². The second-order valence-electron chi connectivity index (χ2n) is 8.06. The number of nitrogens with one attached hydrogen (secondary N) is 1. The summed E-state index contributed by atoms with van der Waals surface area (Å²) in [5, 5.41) is 14.8. The minimum Gasteiger partial charge on any atom is -0.504 e. The number of aromatic nitrogens is 1. The first-order chi connectivity index (χ1) is 14.1. The molecule has 0 radical (unpaired) electrons. The summed E-state index contributed by atoms with van der Waals surface area (Å²) in [7, 11) is 5.78. The van der Waals surface area contributed by atoms with Gasteiger partial charge >= 0.3 is 0 Å². The van der Waals surface area contributed by atoms with Crippen LogP contribution in [0.5, 0.6) is 11.5 Å². The number of methoxy groups -OCH3 is 1. The molecule has 5 nitrogen and oxygen atoms in total. The predicted octanol–water partition coefficient (Wildman–Crippen LogP) is 4.86. The molecule has 0 saturated heterocycles. The Kier molecular flexibility index (Phi) is 5.58. The molecule has 1 aromatic heterocycles. The van der Waals surface area contributed by atoms with Crippen molar-refractivity contribution in [3.8, 4) is 22.6 Å². The number of fused-ring (bicyclic) bond motifs is 1. The van der Waals surface area contributed by atoms with Crippen molar-refractivity contribution in [3.63, 3.8) is 0 Å². The molecule has 5 heteroatoms. The van der Waals surface area contributed by atoms with Gasteiger partial charge in [-0.1, -0.05) is 12.1 Å². The molecule has 0 unspecified atom stereocenters. The number of aromatic hydroxyl groups is 1. The fourth-order valence-corrected chi connectivity index (χ4v) is 3.75. The molecule has 3 aromatic rings. The fourth-order valence-electron chi connectivity index (χ4n) is 3.75. The zero-order chi connectivity index (χ0) is 20.4. The quantitative estimate of drug-likeness (QED) is 0.537. The van der Waals surface area contributed by atoms with E-state index in [-0.39, 0.29) is 5.75 Å². The van der Waals surface area contributed by atoms with Crippen molar-refractivity contribution in [3.05, 3.63) is 48.2 Å². The van der Waals surface area contributed by atoms with Gasteiger partial charge < -0.3 is 20.1 Å². The van der Waals surface area contributed by atoms with Gasteiger partial charge in [-0.05, 0) is 86.8 Å². The number of phenols is 1. The van der Waals surface area contributed by atoms with Crippen molar-refractivity contribution in [2.75, 3.05) is 39.6 Å². The highest BCUT2D eigenvalue weighted by Crippen LogP contribution is 2.45. The SMILES string of the molecule is COc1cc(-c2ccc3ncc(C4CC4)c(NCCCN(C)C)c3c2)ccc1O. The lowest BCUT2D eigenvalue weighted by Gasteiger charge is -2.16. The summed E-state index contributed by atoms with van der Waals surface area (Å²) in [6.45, 7) is 2.00. The summed E-state index contributed by atoms with van der Waals surface area (Å²) in [4.78, 5) is 6.94. The molecule has 0 aliphatic heterocycles. The van der Waals surface area contributed by atoms with E-state index in [0.717, 1.165) is 41.5 Å². The summed E-state index contributed by atoms with van der Waals surface area (Å²) >= 11 is 0. The maximum absolute atomic E-state index is 9.91. The van der Waals surface area contributed by atoms with Crippen molar-refractivity contribution in [2.24, 2.45) is 0 Å². The lowest BCUT2D eigenvalue weighted by molar-refractivity contribution is 0.373. The molecule has 29 heavy (non-hydrogen) atoms. The van der Waals surface area contributed by atoms with Gasteiger partial charge in [0.1, 0.15) is 0 Å². The van der Waals surface area contributed by atoms with Gasteiger partial charge in [0.15, 0.2) is 11.5 Å². The molecule has 4 rings (SSSR count). The number of pyridine rings is 1. The zero-order valence-electron chi connectivity index (χ0n) is 17.4. The van der Waals surface area contributed by atoms with E-state index in [1.165, 1.54) is 24.1 Å². The number of anilines is 1. The summed E-state index contributed by atoms with van der Waals surface area (Å²) in [6, 6.07) is 11.8. The van der Waals surface area contributed by atoms with Crippen LogP contribution in [0, 0.1) is 0 Å². The van der Waals surface area contributed by atoms with Crippen molar-refractivity contribution in [1.82, 2.24) is 9.88 Å². The Morgan fingerprint density at radius 3 is 2.62 bits per heavy atom. The van der Waals surface area contributed by atoms with Crippen LogP contribution in [-0.2, 0) is 0 Å². The van der Waals surface area contributed by atoms with Gasteiger partial charge in [0.2, 0.25) is 0 Å². The molecular formula is C24H29N3O2. The Bertz CT molecular complexity index is 1010. The number of benzene rings is 2. The van der Waals surface area contributed by atoms with E-state index >= 15 is 0 Å². The molecule has 1 heterocycles. The molecule has 0 amide bonds. The van der Waals surface area contributed by atoms with Crippen molar-refractivity contribution in [1.29, 1.82) is 0 Å². The number of hydrogen-bond donors (Lipinski definition) is 2. The summed E-state index contributed by atoms with van der Waals surface area (Å²) < 4.78 is 5.28. The molecule has 152 valence electrons. The van der Waals surface area contributed by atoms with Crippen LogP contribution in [0.15, 0.2) is 42.6 Å². The number of nitrogens with zero attached hydrogens (tertiary/aromatic N) is 2. The van der Waals surface area contributed by atoms with Crippen LogP contribution in [0.25, 0.3) is 22.0 Å². The highest BCUT2D eigenvalue weighted by Gasteiger charge is 2.27. The van der Waals surface area contributed by atoms with Gasteiger partial charge in [-0.3, -0.25) is 4.98 Å². The predicted molar refractivity (Wildman–Crippen MR) is 119 cm³/mol. The first-order valence-electron chi connectivity index (χ1n) is 10.3. The van der Waals surface area contributed by atoms with E-state index in [4.69, 9.17) is 9.72 Å². The number of rotatable bonds is 8. The van der Waals surface area contributed by atoms with Crippen LogP contribution in [0.2, 0.25) is 0 Å². The maximum Gasteiger partial charge on any atom is 0.161 e. The van der Waals surface area contributed by atoms with Crippen LogP contribution in [0.3, 0.4) is 0 Å². The molecule has 0 bridgehead atoms. The Labute approximate surface area is 172 Å². The minimum atomic E-state index is 0.151. The third-order valence-corrected chi connectivity index (χ3v) is 5.51. The second-order valence-corrected chi connectivity index (χ2v) is 8.06. The third-order valence-electron chi connectivity index (χ3n) is 5.51.